The fraction of sp³-hybridized carbons (Fsp3) is 0.103. The predicted octanol–water partition coefficient (Wildman–Crippen LogP) is 4.58. The van der Waals surface area contributed by atoms with E-state index >= 15 is 0 Å². The van der Waals surface area contributed by atoms with Crippen LogP contribution in [0.2, 0.25) is 0 Å². The maximum Gasteiger partial charge on any atom is 0.332 e. The number of hydrogen-bond acceptors (Lipinski definition) is 6. The highest BCUT2D eigenvalue weighted by Gasteiger charge is 2.16. The Labute approximate surface area is 238 Å². The van der Waals surface area contributed by atoms with Crippen LogP contribution in [-0.4, -0.2) is 28.9 Å². The van der Waals surface area contributed by atoms with Crippen LogP contribution in [0.15, 0.2) is 109 Å². The zero-order chi connectivity index (χ0) is 29.3. The summed E-state index contributed by atoms with van der Waals surface area (Å²) in [5, 5.41) is 5.02. The van der Waals surface area contributed by atoms with Gasteiger partial charge in [-0.05, 0) is 52.9 Å². The Balaban J connectivity index is 1.25. The zero-order valence-corrected chi connectivity index (χ0v) is 23.4. The summed E-state index contributed by atoms with van der Waals surface area (Å²) in [6.07, 6.45) is 0.551. The number of nitrogens with one attached hydrogen (secondary N) is 4. The zero-order valence-electron chi connectivity index (χ0n) is 21.8. The first-order chi connectivity index (χ1) is 19.6. The van der Waals surface area contributed by atoms with E-state index in [1.165, 1.54) is 0 Å². The van der Waals surface area contributed by atoms with Gasteiger partial charge in [0.25, 0.3) is 0 Å². The Morgan fingerprint density at radius 1 is 0.463 bits per heavy atom. The summed E-state index contributed by atoms with van der Waals surface area (Å²) in [4.78, 5) is 24.4. The van der Waals surface area contributed by atoms with E-state index in [9.17, 15) is 26.4 Å². The van der Waals surface area contributed by atoms with Gasteiger partial charge < -0.3 is 10.6 Å². The van der Waals surface area contributed by atoms with Crippen molar-refractivity contribution in [2.24, 2.45) is 0 Å². The molecule has 0 aliphatic rings. The summed E-state index contributed by atoms with van der Waals surface area (Å²) in [5.74, 6) is -0.626. The molecule has 0 saturated heterocycles. The lowest BCUT2D eigenvalue weighted by Crippen LogP contribution is -2.35. The van der Waals surface area contributed by atoms with Gasteiger partial charge in [-0.25, -0.2) is 35.9 Å². The molecule has 0 radical (unpaired) electrons. The minimum absolute atomic E-state index is 0.313. The van der Waals surface area contributed by atoms with Gasteiger partial charge >= 0.3 is 12.1 Å². The largest absolute Gasteiger partial charge is 0.332 e. The van der Waals surface area contributed by atoms with E-state index in [0.717, 1.165) is 11.1 Å². The lowest BCUT2D eigenvalue weighted by molar-refractivity contribution is 0.255. The molecule has 4 aromatic carbocycles. The van der Waals surface area contributed by atoms with Crippen LogP contribution >= 0.6 is 0 Å². The minimum Gasteiger partial charge on any atom is -0.307 e. The van der Waals surface area contributed by atoms with Crippen molar-refractivity contribution in [3.8, 4) is 0 Å². The number of benzene rings is 4. The molecule has 10 nitrogen and oxygen atoms in total. The Hall–Kier alpha value is -4.68. The highest BCUT2D eigenvalue weighted by Crippen LogP contribution is 2.16. The van der Waals surface area contributed by atoms with Gasteiger partial charge in [0.05, 0.1) is 11.5 Å². The Morgan fingerprint density at radius 2 is 0.805 bits per heavy atom. The number of carbonyl (C=O) groups is 2. The molecule has 0 unspecified atom stereocenters. The summed E-state index contributed by atoms with van der Waals surface area (Å²) in [7, 11) is -7.72. The number of rotatable bonds is 10. The van der Waals surface area contributed by atoms with Crippen molar-refractivity contribution in [2.45, 2.75) is 17.9 Å². The van der Waals surface area contributed by atoms with Crippen molar-refractivity contribution in [3.05, 3.63) is 131 Å². The second-order valence-electron chi connectivity index (χ2n) is 9.17. The lowest BCUT2D eigenvalue weighted by atomic mass is 10.0. The highest BCUT2D eigenvalue weighted by atomic mass is 32.2. The number of anilines is 2. The highest BCUT2D eigenvalue weighted by molar-refractivity contribution is 7.89. The lowest BCUT2D eigenvalue weighted by Gasteiger charge is -2.10. The number of amides is 4. The number of sulfonamides is 2. The number of urea groups is 2. The molecule has 4 amide bonds. The second kappa shape index (κ2) is 13.1. The molecule has 4 N–H and O–H groups in total. The van der Waals surface area contributed by atoms with Gasteiger partial charge in [-0.1, -0.05) is 84.9 Å². The third-order valence-corrected chi connectivity index (χ3v) is 8.15. The van der Waals surface area contributed by atoms with Gasteiger partial charge in [-0.15, -0.1) is 0 Å². The average Bonchev–Trinajstić information content (AvgIpc) is 2.91. The van der Waals surface area contributed by atoms with Gasteiger partial charge in [0, 0.05) is 11.4 Å². The molecular formula is C29H28N4O6S2. The van der Waals surface area contributed by atoms with Gasteiger partial charge in [0.15, 0.2) is 0 Å². The Morgan fingerprint density at radius 3 is 1.15 bits per heavy atom. The average molecular weight is 593 g/mol. The predicted molar refractivity (Wildman–Crippen MR) is 158 cm³/mol. The topological polar surface area (TPSA) is 151 Å². The van der Waals surface area contributed by atoms with Crippen molar-refractivity contribution >= 4 is 43.5 Å². The van der Waals surface area contributed by atoms with E-state index in [1.54, 1.807) is 109 Å². The molecule has 0 spiro atoms. The van der Waals surface area contributed by atoms with E-state index in [-0.39, 0.29) is 11.5 Å². The standard InChI is InChI=1S/C29H28N4O6S2/c34-28(32-40(36,37)20-24-7-3-1-4-8-24)30-26-15-11-22(12-16-26)19-23-13-17-27(18-14-23)31-29(35)33-41(38,39)21-25-9-5-2-6-10-25/h1-18H,19-21H2,(H2,30,32,34)(H2,31,33,35). The Bertz CT molecular complexity index is 1570. The molecule has 4 aromatic rings. The molecule has 12 heteroatoms. The van der Waals surface area contributed by atoms with E-state index in [0.29, 0.717) is 28.9 Å². The monoisotopic (exact) mass is 592 g/mol. The summed E-state index contributed by atoms with van der Waals surface area (Å²) >= 11 is 0. The van der Waals surface area contributed by atoms with Crippen LogP contribution in [-0.2, 0) is 38.0 Å². The maximum absolute atomic E-state index is 12.2. The molecule has 0 saturated carbocycles. The van der Waals surface area contributed by atoms with E-state index in [1.807, 2.05) is 9.44 Å². The fourth-order valence-electron chi connectivity index (χ4n) is 3.90. The van der Waals surface area contributed by atoms with Gasteiger partial charge in [0.1, 0.15) is 0 Å². The summed E-state index contributed by atoms with van der Waals surface area (Å²) in [6.45, 7) is 0. The van der Waals surface area contributed by atoms with Crippen LogP contribution in [0.1, 0.15) is 22.3 Å². The summed E-state index contributed by atoms with van der Waals surface area (Å²) in [5.41, 5.74) is 3.84. The first kappa shape index (κ1) is 29.3. The number of hydrogen-bond donors (Lipinski definition) is 4. The van der Waals surface area contributed by atoms with E-state index < -0.39 is 32.1 Å². The number of carbonyl (C=O) groups excluding carboxylic acids is 2. The second-order valence-corrected chi connectivity index (χ2v) is 12.6. The first-order valence-corrected chi connectivity index (χ1v) is 15.7. The minimum atomic E-state index is -3.86. The molecule has 0 aliphatic heterocycles. The molecule has 212 valence electrons. The molecule has 41 heavy (non-hydrogen) atoms. The third-order valence-electron chi connectivity index (χ3n) is 5.73. The molecule has 0 fully saturated rings. The fourth-order valence-corrected chi connectivity index (χ4v) is 5.98. The van der Waals surface area contributed by atoms with Crippen LogP contribution in [0.3, 0.4) is 0 Å². The molecular weight excluding hydrogens is 564 g/mol. The smallest absolute Gasteiger partial charge is 0.307 e. The maximum atomic E-state index is 12.2. The molecule has 0 atom stereocenters. The van der Waals surface area contributed by atoms with Crippen molar-refractivity contribution in [2.75, 3.05) is 10.6 Å². The van der Waals surface area contributed by atoms with Crippen LogP contribution in [0, 0.1) is 0 Å². The van der Waals surface area contributed by atoms with Crippen LogP contribution in [0.25, 0.3) is 0 Å². The molecule has 0 aliphatic carbocycles. The van der Waals surface area contributed by atoms with Gasteiger partial charge in [-0.2, -0.15) is 0 Å². The molecule has 0 bridgehead atoms. The molecule has 4 rings (SSSR count). The normalized spacial score (nSPS) is 11.3. The van der Waals surface area contributed by atoms with Crippen molar-refractivity contribution in [1.82, 2.24) is 9.44 Å². The molecule has 0 heterocycles. The van der Waals surface area contributed by atoms with Gasteiger partial charge in [-0.3, -0.25) is 0 Å². The quantitative estimate of drug-likeness (QED) is 0.212. The van der Waals surface area contributed by atoms with Crippen molar-refractivity contribution < 1.29 is 26.4 Å². The van der Waals surface area contributed by atoms with Crippen LogP contribution < -0.4 is 20.1 Å². The van der Waals surface area contributed by atoms with Crippen LogP contribution in [0.5, 0.6) is 0 Å². The van der Waals surface area contributed by atoms with Crippen molar-refractivity contribution in [3.63, 3.8) is 0 Å². The third kappa shape index (κ3) is 9.78. The summed E-state index contributed by atoms with van der Waals surface area (Å²) in [6, 6.07) is 29.2. The Kier molecular flexibility index (Phi) is 9.37. The van der Waals surface area contributed by atoms with Crippen molar-refractivity contribution in [1.29, 1.82) is 0 Å². The van der Waals surface area contributed by atoms with E-state index in [4.69, 9.17) is 0 Å². The van der Waals surface area contributed by atoms with Crippen LogP contribution in [0.4, 0.5) is 21.0 Å². The molecule has 0 aromatic heterocycles. The van der Waals surface area contributed by atoms with Gasteiger partial charge in [0.2, 0.25) is 20.0 Å². The first-order valence-electron chi connectivity index (χ1n) is 12.4. The summed E-state index contributed by atoms with van der Waals surface area (Å²) < 4.78 is 53.0. The van der Waals surface area contributed by atoms with E-state index in [2.05, 4.69) is 10.6 Å². The SMILES string of the molecule is O=C(Nc1ccc(Cc2ccc(NC(=O)NS(=O)(=O)Cc3ccccc3)cc2)cc1)NS(=O)(=O)Cc1ccccc1.